The van der Waals surface area contributed by atoms with Crippen LogP contribution < -0.4 is 0 Å². The smallest absolute Gasteiger partial charge is 0.147 e. The van der Waals surface area contributed by atoms with E-state index < -0.39 is 9.84 Å². The van der Waals surface area contributed by atoms with Gasteiger partial charge in [0.2, 0.25) is 0 Å². The number of halogens is 1. The molecule has 0 aliphatic carbocycles. The Hall–Kier alpha value is 0.200. The van der Waals surface area contributed by atoms with E-state index in [1.807, 2.05) is 6.92 Å². The van der Waals surface area contributed by atoms with Crippen LogP contribution in [0.4, 0.5) is 0 Å². The zero-order valence-electron chi connectivity index (χ0n) is 8.29. The predicted molar refractivity (Wildman–Crippen MR) is 57.2 cm³/mol. The van der Waals surface area contributed by atoms with Crippen molar-refractivity contribution in [3.63, 3.8) is 0 Å². The highest BCUT2D eigenvalue weighted by Gasteiger charge is 2.04. The van der Waals surface area contributed by atoms with Crippen LogP contribution in [0.5, 0.6) is 0 Å². The summed E-state index contributed by atoms with van der Waals surface area (Å²) in [6.45, 7) is 4.63. The molecule has 0 N–H and O–H groups in total. The highest BCUT2D eigenvalue weighted by Crippen LogP contribution is 1.95. The number of hydrogen-bond donors (Lipinski definition) is 0. The molecule has 0 aromatic heterocycles. The van der Waals surface area contributed by atoms with Crippen LogP contribution in [0.1, 0.15) is 13.3 Å². The van der Waals surface area contributed by atoms with Crippen molar-refractivity contribution in [2.45, 2.75) is 13.3 Å². The second-order valence-corrected chi connectivity index (χ2v) is 5.74. The van der Waals surface area contributed by atoms with Crippen LogP contribution >= 0.6 is 11.6 Å². The van der Waals surface area contributed by atoms with E-state index >= 15 is 0 Å². The summed E-state index contributed by atoms with van der Waals surface area (Å²) in [5.41, 5.74) is 0. The van der Waals surface area contributed by atoms with Gasteiger partial charge < -0.3 is 4.90 Å². The fourth-order valence-electron chi connectivity index (χ4n) is 1.10. The van der Waals surface area contributed by atoms with Crippen molar-refractivity contribution < 1.29 is 8.42 Å². The molecule has 0 radical (unpaired) electrons. The standard InChI is InChI=1S/C8H18ClNO2S/c1-3-10(7-5-9)6-4-8-13(2,11)12/h3-8H2,1-2H3. The Balaban J connectivity index is 3.61. The molecule has 0 fully saturated rings. The highest BCUT2D eigenvalue weighted by atomic mass is 35.5. The molecule has 80 valence electrons. The molecule has 0 amide bonds. The molecule has 0 rings (SSSR count). The SMILES string of the molecule is CCN(CCCl)CCCS(C)(=O)=O. The maximum Gasteiger partial charge on any atom is 0.147 e. The van der Waals surface area contributed by atoms with E-state index in [0.29, 0.717) is 12.3 Å². The maximum absolute atomic E-state index is 10.8. The molecule has 0 atom stereocenters. The molecule has 0 heterocycles. The molecule has 13 heavy (non-hydrogen) atoms. The van der Waals surface area contributed by atoms with E-state index in [0.717, 1.165) is 19.6 Å². The quantitative estimate of drug-likeness (QED) is 0.609. The largest absolute Gasteiger partial charge is 0.302 e. The van der Waals surface area contributed by atoms with E-state index in [-0.39, 0.29) is 5.75 Å². The van der Waals surface area contributed by atoms with Crippen molar-refractivity contribution in [3.05, 3.63) is 0 Å². The fourth-order valence-corrected chi connectivity index (χ4v) is 1.99. The van der Waals surface area contributed by atoms with E-state index in [4.69, 9.17) is 11.6 Å². The predicted octanol–water partition coefficient (Wildman–Crippen LogP) is 0.982. The first-order valence-electron chi connectivity index (χ1n) is 4.45. The Bertz CT molecular complexity index is 216. The second-order valence-electron chi connectivity index (χ2n) is 3.11. The van der Waals surface area contributed by atoms with Gasteiger partial charge >= 0.3 is 0 Å². The van der Waals surface area contributed by atoms with Gasteiger partial charge in [-0.1, -0.05) is 6.92 Å². The summed E-state index contributed by atoms with van der Waals surface area (Å²) >= 11 is 5.58. The molecular weight excluding hydrogens is 210 g/mol. The van der Waals surface area contributed by atoms with E-state index in [9.17, 15) is 8.42 Å². The van der Waals surface area contributed by atoms with Gasteiger partial charge in [0, 0.05) is 18.7 Å². The lowest BCUT2D eigenvalue weighted by Gasteiger charge is -2.18. The summed E-state index contributed by atoms with van der Waals surface area (Å²) in [5.74, 6) is 0.874. The Morgan fingerprint density at radius 1 is 1.31 bits per heavy atom. The number of rotatable bonds is 7. The summed E-state index contributed by atoms with van der Waals surface area (Å²) in [5, 5.41) is 0. The lowest BCUT2D eigenvalue weighted by atomic mass is 10.4. The minimum atomic E-state index is -2.80. The number of sulfone groups is 1. The summed E-state index contributed by atoms with van der Waals surface area (Å²) < 4.78 is 21.6. The molecule has 0 aliphatic rings. The molecule has 0 saturated carbocycles. The first-order valence-corrected chi connectivity index (χ1v) is 7.05. The molecule has 0 bridgehead atoms. The van der Waals surface area contributed by atoms with Crippen LogP contribution in [0.25, 0.3) is 0 Å². The molecule has 0 aromatic rings. The van der Waals surface area contributed by atoms with Crippen molar-refractivity contribution in [1.29, 1.82) is 0 Å². The minimum absolute atomic E-state index is 0.270. The van der Waals surface area contributed by atoms with Crippen LogP contribution in [0.15, 0.2) is 0 Å². The van der Waals surface area contributed by atoms with Crippen LogP contribution in [0.2, 0.25) is 0 Å². The minimum Gasteiger partial charge on any atom is -0.302 e. The first-order chi connectivity index (χ1) is 5.99. The third-order valence-corrected chi connectivity index (χ3v) is 3.04. The molecular formula is C8H18ClNO2S. The van der Waals surface area contributed by atoms with Gasteiger partial charge in [-0.2, -0.15) is 0 Å². The van der Waals surface area contributed by atoms with Crippen LogP contribution in [-0.4, -0.2) is 50.8 Å². The van der Waals surface area contributed by atoms with Crippen molar-refractivity contribution in [2.24, 2.45) is 0 Å². The molecule has 5 heteroatoms. The maximum atomic E-state index is 10.8. The molecule has 0 aromatic carbocycles. The molecule has 0 unspecified atom stereocenters. The van der Waals surface area contributed by atoms with Gasteiger partial charge in [0.25, 0.3) is 0 Å². The summed E-state index contributed by atoms with van der Waals surface area (Å²) in [7, 11) is -2.80. The van der Waals surface area contributed by atoms with Gasteiger partial charge in [0.15, 0.2) is 0 Å². The van der Waals surface area contributed by atoms with Crippen molar-refractivity contribution in [1.82, 2.24) is 4.90 Å². The molecule has 0 spiro atoms. The van der Waals surface area contributed by atoms with Crippen LogP contribution in [-0.2, 0) is 9.84 Å². The average Bonchev–Trinajstić information content (AvgIpc) is 2.01. The fraction of sp³-hybridized carbons (Fsp3) is 1.00. The third kappa shape index (κ3) is 8.53. The average molecular weight is 228 g/mol. The summed E-state index contributed by atoms with van der Waals surface area (Å²) in [6.07, 6.45) is 1.97. The van der Waals surface area contributed by atoms with E-state index in [1.165, 1.54) is 6.26 Å². The Morgan fingerprint density at radius 3 is 2.31 bits per heavy atom. The van der Waals surface area contributed by atoms with Gasteiger partial charge in [0.1, 0.15) is 9.84 Å². The highest BCUT2D eigenvalue weighted by molar-refractivity contribution is 7.90. The van der Waals surface area contributed by atoms with Crippen molar-refractivity contribution in [2.75, 3.05) is 37.5 Å². The lowest BCUT2D eigenvalue weighted by molar-refractivity contribution is 0.306. The zero-order chi connectivity index (χ0) is 10.3. The van der Waals surface area contributed by atoms with Gasteiger partial charge in [-0.15, -0.1) is 11.6 Å². The topological polar surface area (TPSA) is 37.4 Å². The summed E-state index contributed by atoms with van der Waals surface area (Å²) in [6, 6.07) is 0. The number of nitrogens with zero attached hydrogens (tertiary/aromatic N) is 1. The Kier molecular flexibility index (Phi) is 6.73. The lowest BCUT2D eigenvalue weighted by Crippen LogP contribution is -2.27. The first kappa shape index (κ1) is 13.2. The zero-order valence-corrected chi connectivity index (χ0v) is 9.86. The second kappa shape index (κ2) is 6.62. The van der Waals surface area contributed by atoms with Crippen molar-refractivity contribution in [3.8, 4) is 0 Å². The summed E-state index contributed by atoms with van der Waals surface area (Å²) in [4.78, 5) is 2.15. The van der Waals surface area contributed by atoms with E-state index in [1.54, 1.807) is 0 Å². The van der Waals surface area contributed by atoms with Gasteiger partial charge in [-0.25, -0.2) is 8.42 Å². The molecule has 3 nitrogen and oxygen atoms in total. The van der Waals surface area contributed by atoms with Crippen LogP contribution in [0, 0.1) is 0 Å². The normalized spacial score (nSPS) is 12.3. The van der Waals surface area contributed by atoms with Gasteiger partial charge in [-0.3, -0.25) is 0 Å². The van der Waals surface area contributed by atoms with Crippen molar-refractivity contribution >= 4 is 21.4 Å². The monoisotopic (exact) mass is 227 g/mol. The van der Waals surface area contributed by atoms with E-state index in [2.05, 4.69) is 4.90 Å². The number of hydrogen-bond acceptors (Lipinski definition) is 3. The van der Waals surface area contributed by atoms with Crippen LogP contribution in [0.3, 0.4) is 0 Å². The Morgan fingerprint density at radius 2 is 1.92 bits per heavy atom. The Labute approximate surface area is 86.0 Å². The van der Waals surface area contributed by atoms with Gasteiger partial charge in [0.05, 0.1) is 5.75 Å². The molecule has 0 aliphatic heterocycles. The van der Waals surface area contributed by atoms with Gasteiger partial charge in [-0.05, 0) is 19.5 Å². The number of alkyl halides is 1. The molecule has 0 saturated heterocycles. The third-order valence-electron chi connectivity index (χ3n) is 1.84.